The number of aromatic nitrogens is 3. The Labute approximate surface area is 385 Å². The largest absolute Gasteiger partial charge is 0.485 e. The molecule has 15 nitrogen and oxygen atoms in total. The maximum atomic E-state index is 12.9. The summed E-state index contributed by atoms with van der Waals surface area (Å²) in [4.78, 5) is 59.4. The third-order valence-corrected chi connectivity index (χ3v) is 9.85. The van der Waals surface area contributed by atoms with E-state index in [1.54, 1.807) is 116 Å². The molecule has 0 aliphatic rings. The second-order valence-electron chi connectivity index (χ2n) is 14.7. The number of carbonyl (C=O) groups is 4. The average molecular weight is 896 g/mol. The number of hydrogen-bond donors (Lipinski definition) is 7. The summed E-state index contributed by atoms with van der Waals surface area (Å²) in [5.74, 6) is -0.257. The van der Waals surface area contributed by atoms with E-state index in [0.29, 0.717) is 45.8 Å². The number of imidazole rings is 1. The van der Waals surface area contributed by atoms with E-state index in [0.717, 1.165) is 22.5 Å². The third-order valence-electron chi connectivity index (χ3n) is 9.85. The number of amides is 2. The molecule has 336 valence electrons. The van der Waals surface area contributed by atoms with Crippen molar-refractivity contribution in [3.63, 3.8) is 0 Å². The number of ether oxygens (including phenoxy) is 2. The molecule has 0 spiro atoms. The van der Waals surface area contributed by atoms with Gasteiger partial charge in [-0.1, -0.05) is 78.9 Å². The molecular weight excluding hydrogens is 851 g/mol. The lowest BCUT2D eigenvalue weighted by Crippen LogP contribution is -2.16. The lowest BCUT2D eigenvalue weighted by molar-refractivity contribution is -0.140. The lowest BCUT2D eigenvalue weighted by atomic mass is 10.1. The molecule has 2 heterocycles. The van der Waals surface area contributed by atoms with Crippen LogP contribution in [-0.4, -0.2) is 48.9 Å². The van der Waals surface area contributed by atoms with Gasteiger partial charge in [0.05, 0.1) is 18.5 Å². The fourth-order valence-corrected chi connectivity index (χ4v) is 6.58. The minimum Gasteiger partial charge on any atom is -0.485 e. The molecule has 0 fully saturated rings. The predicted molar refractivity (Wildman–Crippen MR) is 255 cm³/mol. The second kappa shape index (κ2) is 22.9. The summed E-state index contributed by atoms with van der Waals surface area (Å²) < 4.78 is 12.0. The Morgan fingerprint density at radius 3 is 1.58 bits per heavy atom. The normalized spacial score (nSPS) is 11.3. The number of anilines is 6. The van der Waals surface area contributed by atoms with Crippen LogP contribution < -0.4 is 30.7 Å². The van der Waals surface area contributed by atoms with Gasteiger partial charge in [0.2, 0.25) is 5.95 Å². The summed E-state index contributed by atoms with van der Waals surface area (Å²) in [6.07, 6.45) is 3.38. The Balaban J connectivity index is 0.000000199. The Hall–Kier alpha value is -9.24. The van der Waals surface area contributed by atoms with E-state index in [2.05, 4.69) is 36.2 Å². The zero-order chi connectivity index (χ0) is 46.8. The van der Waals surface area contributed by atoms with E-state index >= 15 is 0 Å². The number of benzene rings is 6. The van der Waals surface area contributed by atoms with Crippen molar-refractivity contribution in [3.8, 4) is 11.5 Å². The number of hydrogen-bond acceptors (Lipinski definition) is 10. The number of aliphatic carboxylic acids is 2. The van der Waals surface area contributed by atoms with E-state index in [4.69, 9.17) is 9.47 Å². The molecule has 0 aliphatic heterocycles. The number of H-pyrrole nitrogens is 1. The van der Waals surface area contributed by atoms with Crippen LogP contribution in [0.1, 0.15) is 56.9 Å². The number of aromatic amines is 1. The van der Waals surface area contributed by atoms with Crippen molar-refractivity contribution in [2.45, 2.75) is 25.0 Å². The first-order valence-electron chi connectivity index (χ1n) is 21.0. The van der Waals surface area contributed by atoms with Crippen LogP contribution in [0.5, 0.6) is 11.5 Å². The molecule has 7 N–H and O–H groups in total. The van der Waals surface area contributed by atoms with Crippen molar-refractivity contribution in [1.82, 2.24) is 15.0 Å². The molecule has 8 aromatic rings. The van der Waals surface area contributed by atoms with Crippen LogP contribution in [-0.2, 0) is 9.59 Å². The molecule has 0 radical (unpaired) electrons. The molecule has 0 aliphatic carbocycles. The molecule has 8 rings (SSSR count). The number of carboxylic acid groups (broad SMARTS) is 2. The van der Waals surface area contributed by atoms with Gasteiger partial charge in [-0.15, -0.1) is 0 Å². The number of rotatable bonds is 18. The average Bonchev–Trinajstić information content (AvgIpc) is 3.87. The van der Waals surface area contributed by atoms with Gasteiger partial charge in [0, 0.05) is 46.8 Å². The van der Waals surface area contributed by atoms with Crippen molar-refractivity contribution in [1.29, 1.82) is 0 Å². The molecule has 2 unspecified atom stereocenters. The fraction of sp³-hybridized carbons (Fsp3) is 0.0769. The molecule has 2 aromatic heterocycles. The first kappa shape index (κ1) is 45.8. The maximum Gasteiger partial charge on any atom is 0.307 e. The molecule has 2 atom stereocenters. The van der Waals surface area contributed by atoms with E-state index in [1.807, 2.05) is 78.9 Å². The smallest absolute Gasteiger partial charge is 0.307 e. The first-order valence-corrected chi connectivity index (χ1v) is 21.0. The number of carbonyl (C=O) groups excluding carboxylic acids is 2. The highest BCUT2D eigenvalue weighted by Gasteiger charge is 2.20. The van der Waals surface area contributed by atoms with Crippen molar-refractivity contribution >= 4 is 58.3 Å². The zero-order valence-corrected chi connectivity index (χ0v) is 35.8. The molecular formula is C52H45N7O8. The van der Waals surface area contributed by atoms with Crippen molar-refractivity contribution in [2.75, 3.05) is 21.3 Å². The van der Waals surface area contributed by atoms with Gasteiger partial charge < -0.3 is 45.9 Å². The minimum absolute atomic E-state index is 0.159. The van der Waals surface area contributed by atoms with Gasteiger partial charge in [0.15, 0.2) is 0 Å². The van der Waals surface area contributed by atoms with Gasteiger partial charge in [-0.2, -0.15) is 0 Å². The summed E-state index contributed by atoms with van der Waals surface area (Å²) in [7, 11) is 0. The van der Waals surface area contributed by atoms with E-state index in [9.17, 15) is 29.4 Å². The standard InChI is InChI=1S/C27H23N3O4.C25H22N4O4/c31-26(32)18-24(19-8-2-1-3-9-19)34-23-11-5-4-10-22(23)30-27(33)20-13-15-21(16-14-20)29-25-12-6-7-17-28-25;30-23(31)16-22(17-4-2-1-3-5-17)33-21-12-10-19(11-13-21)28-24(32)18-6-8-20(9-7-18)29-25-26-14-15-27-25/h1-17,24H,18H2,(H,28,29)(H,30,33)(H,31,32);1-15,22H,16H2,(H,28,32)(H,30,31)(H2,26,27,29). The number of carboxylic acids is 2. The van der Waals surface area contributed by atoms with Gasteiger partial charge in [-0.05, 0) is 108 Å². The molecule has 0 bridgehead atoms. The first-order chi connectivity index (χ1) is 32.6. The summed E-state index contributed by atoms with van der Waals surface area (Å²) in [5.41, 5.74) is 5.14. The van der Waals surface area contributed by atoms with Gasteiger partial charge in [-0.25, -0.2) is 9.97 Å². The van der Waals surface area contributed by atoms with Gasteiger partial charge >= 0.3 is 11.9 Å². The fourth-order valence-electron chi connectivity index (χ4n) is 6.58. The van der Waals surface area contributed by atoms with Crippen LogP contribution in [0.3, 0.4) is 0 Å². The summed E-state index contributed by atoms with van der Waals surface area (Å²) >= 11 is 0. The predicted octanol–water partition coefficient (Wildman–Crippen LogP) is 10.7. The quantitative estimate of drug-likeness (QED) is 0.0428. The highest BCUT2D eigenvalue weighted by Crippen LogP contribution is 2.32. The number of pyridine rings is 1. The maximum absolute atomic E-state index is 12.9. The summed E-state index contributed by atoms with van der Waals surface area (Å²) in [6.45, 7) is 0. The van der Waals surface area contributed by atoms with Gasteiger partial charge in [0.1, 0.15) is 29.5 Å². The number of para-hydroxylation sites is 2. The lowest BCUT2D eigenvalue weighted by Gasteiger charge is -2.20. The number of nitrogens with zero attached hydrogens (tertiary/aromatic N) is 2. The van der Waals surface area contributed by atoms with Crippen molar-refractivity contribution in [3.05, 3.63) is 217 Å². The Kier molecular flexibility index (Phi) is 15.7. The van der Waals surface area contributed by atoms with E-state index in [-0.39, 0.29) is 24.7 Å². The molecule has 67 heavy (non-hydrogen) atoms. The Morgan fingerprint density at radius 2 is 1.03 bits per heavy atom. The summed E-state index contributed by atoms with van der Waals surface area (Å²) in [5, 5.41) is 30.5. The minimum atomic E-state index is -0.977. The van der Waals surface area contributed by atoms with Crippen molar-refractivity contribution < 1.29 is 38.9 Å². The molecule has 15 heteroatoms. The topological polar surface area (TPSA) is 217 Å². The Morgan fingerprint density at radius 1 is 0.507 bits per heavy atom. The highest BCUT2D eigenvalue weighted by atomic mass is 16.5. The SMILES string of the molecule is O=C(O)CC(Oc1ccc(NC(=O)c2ccc(Nc3ncc[nH]3)cc2)cc1)c1ccccc1.O=C(O)CC(Oc1ccccc1NC(=O)c1ccc(Nc2ccccn2)cc1)c1ccccc1. The summed E-state index contributed by atoms with van der Waals surface area (Å²) in [6, 6.07) is 51.7. The van der Waals surface area contributed by atoms with E-state index in [1.165, 1.54) is 0 Å². The number of nitrogens with one attached hydrogen (secondary N) is 5. The molecule has 0 saturated heterocycles. The van der Waals surface area contributed by atoms with Gasteiger partial charge in [-0.3, -0.25) is 19.2 Å². The second-order valence-corrected chi connectivity index (χ2v) is 14.7. The van der Waals surface area contributed by atoms with Crippen LogP contribution in [0.25, 0.3) is 0 Å². The third kappa shape index (κ3) is 13.9. The monoisotopic (exact) mass is 895 g/mol. The Bertz CT molecular complexity index is 2830. The van der Waals surface area contributed by atoms with Crippen molar-refractivity contribution in [2.24, 2.45) is 0 Å². The zero-order valence-electron chi connectivity index (χ0n) is 35.8. The van der Waals surface area contributed by atoms with Crippen LogP contribution in [0.2, 0.25) is 0 Å². The van der Waals surface area contributed by atoms with E-state index < -0.39 is 24.1 Å². The molecule has 6 aromatic carbocycles. The van der Waals surface area contributed by atoms with Crippen LogP contribution >= 0.6 is 0 Å². The van der Waals surface area contributed by atoms with Crippen LogP contribution in [0, 0.1) is 0 Å². The highest BCUT2D eigenvalue weighted by molar-refractivity contribution is 6.05. The van der Waals surface area contributed by atoms with Gasteiger partial charge in [0.25, 0.3) is 11.8 Å². The van der Waals surface area contributed by atoms with Crippen LogP contribution in [0.15, 0.2) is 195 Å². The van der Waals surface area contributed by atoms with Crippen LogP contribution in [0.4, 0.5) is 34.5 Å². The molecule has 0 saturated carbocycles. The molecule has 2 amide bonds.